The average Bonchev–Trinajstić information content (AvgIpc) is 2.92. The number of hydrogen-bond donors (Lipinski definition) is 3. The lowest BCUT2D eigenvalue weighted by Gasteiger charge is -2.13. The third kappa shape index (κ3) is 2.02. The molecule has 0 amide bonds. The Morgan fingerprint density at radius 1 is 1.53 bits per heavy atom. The Balaban J connectivity index is 2.02. The van der Waals surface area contributed by atoms with Crippen LogP contribution in [0.25, 0.3) is 11.2 Å². The van der Waals surface area contributed by atoms with Crippen LogP contribution in [0, 0.1) is 0 Å². The molecule has 3 atom stereocenters. The van der Waals surface area contributed by atoms with E-state index in [9.17, 15) is 5.11 Å². The van der Waals surface area contributed by atoms with Gasteiger partial charge < -0.3 is 20.7 Å². The van der Waals surface area contributed by atoms with Crippen LogP contribution in [0.4, 0.5) is 5.82 Å². The first-order valence-corrected chi connectivity index (χ1v) is 6.08. The van der Waals surface area contributed by atoms with Gasteiger partial charge in [-0.05, 0) is 11.6 Å². The van der Waals surface area contributed by atoms with Crippen LogP contribution in [-0.2, 0) is 4.74 Å². The van der Waals surface area contributed by atoms with E-state index < -0.39 is 18.4 Å². The maximum atomic E-state index is 9.74. The Bertz CT molecular complexity index is 618. The molecule has 9 heteroatoms. The zero-order valence-electron chi connectivity index (χ0n) is 9.77. The summed E-state index contributed by atoms with van der Waals surface area (Å²) in [6.07, 6.45) is 0.0169. The van der Waals surface area contributed by atoms with E-state index in [0.717, 1.165) is 0 Å². The lowest BCUT2D eigenvalue weighted by atomic mass is 10.2. The highest BCUT2D eigenvalue weighted by atomic mass is 35.5. The fourth-order valence-electron chi connectivity index (χ4n) is 2.17. The minimum Gasteiger partial charge on any atom is -0.394 e. The molecule has 1 saturated heterocycles. The van der Waals surface area contributed by atoms with Crippen LogP contribution < -0.4 is 5.73 Å². The highest BCUT2D eigenvalue weighted by Crippen LogP contribution is 2.31. The van der Waals surface area contributed by atoms with Gasteiger partial charge in [-0.25, -0.2) is 4.98 Å². The van der Waals surface area contributed by atoms with Gasteiger partial charge >= 0.3 is 0 Å². The molecule has 0 radical (unpaired) electrons. The molecule has 0 aromatic carbocycles. The number of imidazole rings is 1. The number of halogens is 1. The second kappa shape index (κ2) is 4.57. The molecule has 1 aliphatic rings. The third-order valence-corrected chi connectivity index (χ3v) is 3.28. The van der Waals surface area contributed by atoms with Crippen molar-refractivity contribution in [2.75, 3.05) is 12.3 Å². The summed E-state index contributed by atoms with van der Waals surface area (Å²) in [6.45, 7) is -0.248. The van der Waals surface area contributed by atoms with Gasteiger partial charge in [0.2, 0.25) is 5.28 Å². The fraction of sp³-hybridized carbons (Fsp3) is 0.500. The van der Waals surface area contributed by atoms with Gasteiger partial charge in [0, 0.05) is 6.42 Å². The summed E-state index contributed by atoms with van der Waals surface area (Å²) in [5.74, 6) is 0.186. The summed E-state index contributed by atoms with van der Waals surface area (Å²) < 4.78 is 7.16. The SMILES string of the molecule is Nc1nc(Cl)nc2c1ncn2[C@@H]1C[C@@H](O)[C@H](CO)O1. The summed E-state index contributed by atoms with van der Waals surface area (Å²) in [4.78, 5) is 12.0. The average molecular weight is 286 g/mol. The topological polar surface area (TPSA) is 119 Å². The Morgan fingerprint density at radius 3 is 3.00 bits per heavy atom. The maximum absolute atomic E-state index is 9.74. The fourth-order valence-corrected chi connectivity index (χ4v) is 2.34. The zero-order chi connectivity index (χ0) is 13.6. The van der Waals surface area contributed by atoms with E-state index in [2.05, 4.69) is 15.0 Å². The van der Waals surface area contributed by atoms with Gasteiger partial charge in [-0.3, -0.25) is 4.57 Å². The van der Waals surface area contributed by atoms with Crippen molar-refractivity contribution in [3.05, 3.63) is 11.6 Å². The van der Waals surface area contributed by atoms with Crippen molar-refractivity contribution in [2.24, 2.45) is 0 Å². The van der Waals surface area contributed by atoms with Crippen LogP contribution in [0.3, 0.4) is 0 Å². The predicted molar refractivity (Wildman–Crippen MR) is 66.4 cm³/mol. The van der Waals surface area contributed by atoms with Crippen LogP contribution in [-0.4, -0.2) is 48.5 Å². The molecular formula is C10H12ClN5O3. The Hall–Kier alpha value is -1.48. The molecule has 2 aromatic heterocycles. The first-order chi connectivity index (χ1) is 9.10. The van der Waals surface area contributed by atoms with Gasteiger partial charge in [-0.15, -0.1) is 0 Å². The summed E-state index contributed by atoms with van der Waals surface area (Å²) in [5, 5.41) is 18.8. The van der Waals surface area contributed by atoms with Gasteiger partial charge in [-0.2, -0.15) is 9.97 Å². The molecular weight excluding hydrogens is 274 g/mol. The largest absolute Gasteiger partial charge is 0.394 e. The number of fused-ring (bicyclic) bond motifs is 1. The van der Waals surface area contributed by atoms with Gasteiger partial charge in [0.15, 0.2) is 11.5 Å². The quantitative estimate of drug-likeness (QED) is 0.648. The number of nitrogens with zero attached hydrogens (tertiary/aromatic N) is 4. The number of aliphatic hydroxyl groups excluding tert-OH is 2. The number of nitrogen functional groups attached to an aromatic ring is 1. The van der Waals surface area contributed by atoms with Crippen molar-refractivity contribution in [1.82, 2.24) is 19.5 Å². The Labute approximate surface area is 112 Å². The monoisotopic (exact) mass is 285 g/mol. The van der Waals surface area contributed by atoms with Gasteiger partial charge in [-0.1, -0.05) is 0 Å². The standard InChI is InChI=1S/C10H12ClN5O3/c11-10-14-8(12)7-9(15-10)16(3-13-7)6-1-4(18)5(2-17)19-6/h3-6,17-18H,1-2H2,(H2,12,14,15)/t4-,5+,6+/m1/s1. The summed E-state index contributed by atoms with van der Waals surface area (Å²) in [6, 6.07) is 0. The number of anilines is 1. The smallest absolute Gasteiger partial charge is 0.226 e. The Morgan fingerprint density at radius 2 is 2.32 bits per heavy atom. The molecule has 0 bridgehead atoms. The van der Waals surface area contributed by atoms with E-state index in [4.69, 9.17) is 27.2 Å². The number of ether oxygens (including phenoxy) is 1. The minimum absolute atomic E-state index is 0.0176. The normalized spacial score (nSPS) is 27.2. The van der Waals surface area contributed by atoms with Gasteiger partial charge in [0.05, 0.1) is 19.0 Å². The van der Waals surface area contributed by atoms with Crippen LogP contribution in [0.15, 0.2) is 6.33 Å². The maximum Gasteiger partial charge on any atom is 0.226 e. The second-order valence-electron chi connectivity index (χ2n) is 4.32. The van der Waals surface area contributed by atoms with Crippen molar-refractivity contribution in [3.8, 4) is 0 Å². The predicted octanol–water partition coefficient (Wildman–Crippen LogP) is -0.297. The van der Waals surface area contributed by atoms with Crippen molar-refractivity contribution < 1.29 is 14.9 Å². The molecule has 0 spiro atoms. The summed E-state index contributed by atoms with van der Waals surface area (Å²) in [7, 11) is 0. The highest BCUT2D eigenvalue weighted by molar-refractivity contribution is 6.28. The minimum atomic E-state index is -0.734. The highest BCUT2D eigenvalue weighted by Gasteiger charge is 2.35. The van der Waals surface area contributed by atoms with Crippen LogP contribution in [0.1, 0.15) is 12.6 Å². The number of rotatable bonds is 2. The van der Waals surface area contributed by atoms with Gasteiger partial charge in [0.25, 0.3) is 0 Å². The first kappa shape index (κ1) is 12.5. The van der Waals surface area contributed by atoms with Crippen LogP contribution >= 0.6 is 11.6 Å². The van der Waals surface area contributed by atoms with Crippen molar-refractivity contribution in [1.29, 1.82) is 0 Å². The van der Waals surface area contributed by atoms with E-state index in [1.54, 1.807) is 4.57 Å². The number of hydrogen-bond acceptors (Lipinski definition) is 7. The lowest BCUT2D eigenvalue weighted by molar-refractivity contribution is -0.0432. The molecule has 3 heterocycles. The van der Waals surface area contributed by atoms with Crippen molar-refractivity contribution >= 4 is 28.6 Å². The third-order valence-electron chi connectivity index (χ3n) is 3.12. The Kier molecular flexibility index (Phi) is 3.02. The molecule has 0 unspecified atom stereocenters. The number of aromatic nitrogens is 4. The van der Waals surface area contributed by atoms with E-state index in [0.29, 0.717) is 17.6 Å². The number of aliphatic hydroxyl groups is 2. The second-order valence-corrected chi connectivity index (χ2v) is 4.65. The molecule has 4 N–H and O–H groups in total. The molecule has 1 aliphatic heterocycles. The summed E-state index contributed by atoms with van der Waals surface area (Å²) in [5.41, 5.74) is 6.57. The molecule has 102 valence electrons. The van der Waals surface area contributed by atoms with E-state index in [-0.39, 0.29) is 17.7 Å². The first-order valence-electron chi connectivity index (χ1n) is 5.70. The molecule has 2 aromatic rings. The van der Waals surface area contributed by atoms with Crippen LogP contribution in [0.5, 0.6) is 0 Å². The van der Waals surface area contributed by atoms with Gasteiger partial charge in [0.1, 0.15) is 17.8 Å². The molecule has 8 nitrogen and oxygen atoms in total. The molecule has 19 heavy (non-hydrogen) atoms. The molecule has 1 fully saturated rings. The van der Waals surface area contributed by atoms with Crippen LogP contribution in [0.2, 0.25) is 5.28 Å². The van der Waals surface area contributed by atoms with Crippen molar-refractivity contribution in [3.63, 3.8) is 0 Å². The zero-order valence-corrected chi connectivity index (χ0v) is 10.5. The summed E-state index contributed by atoms with van der Waals surface area (Å²) >= 11 is 5.77. The van der Waals surface area contributed by atoms with E-state index in [1.165, 1.54) is 6.33 Å². The molecule has 3 rings (SSSR count). The molecule has 0 saturated carbocycles. The van der Waals surface area contributed by atoms with E-state index in [1.807, 2.05) is 0 Å². The molecule has 0 aliphatic carbocycles. The lowest BCUT2D eigenvalue weighted by Crippen LogP contribution is -2.24. The van der Waals surface area contributed by atoms with Crippen molar-refractivity contribution in [2.45, 2.75) is 24.9 Å². The van der Waals surface area contributed by atoms with E-state index >= 15 is 0 Å². The number of nitrogens with two attached hydrogens (primary N) is 1.